The molecule has 6 heteroatoms. The molecule has 0 saturated heterocycles. The number of nitrogens with zero attached hydrogens (tertiary/aromatic N) is 1. The topological polar surface area (TPSA) is 64.4 Å². The van der Waals surface area contributed by atoms with Crippen molar-refractivity contribution in [3.63, 3.8) is 0 Å². The molecule has 0 aromatic rings. The summed E-state index contributed by atoms with van der Waals surface area (Å²) >= 11 is 0. The lowest BCUT2D eigenvalue weighted by Gasteiger charge is -1.83. The molecule has 0 saturated carbocycles. The molecule has 0 bridgehead atoms. The van der Waals surface area contributed by atoms with Crippen LogP contribution >= 0.6 is 0 Å². The number of rotatable bonds is 2. The van der Waals surface area contributed by atoms with Crippen LogP contribution in [0.1, 0.15) is 0 Å². The van der Waals surface area contributed by atoms with Crippen molar-refractivity contribution in [1.82, 2.24) is 0 Å². The molecule has 0 aliphatic carbocycles. The average molecular weight is 169 g/mol. The van der Waals surface area contributed by atoms with Gasteiger partial charge in [0.05, 0.1) is 6.54 Å². The van der Waals surface area contributed by atoms with Gasteiger partial charge in [0.15, 0.2) is 5.96 Å². The van der Waals surface area contributed by atoms with Gasteiger partial charge in [0.2, 0.25) is 0 Å². The van der Waals surface area contributed by atoms with E-state index in [1.807, 2.05) is 0 Å². The van der Waals surface area contributed by atoms with Crippen molar-refractivity contribution >= 4 is 5.96 Å². The highest BCUT2D eigenvalue weighted by atomic mass is 19.4. The van der Waals surface area contributed by atoms with Crippen molar-refractivity contribution in [2.75, 3.05) is 6.54 Å². The number of hydrogen-bond donors (Lipinski definition) is 2. The smallest absolute Gasteiger partial charge is 0.370 e. The molecule has 0 radical (unpaired) electrons. The first-order valence-electron chi connectivity index (χ1n) is 2.59. The summed E-state index contributed by atoms with van der Waals surface area (Å²) in [6, 6.07) is 0. The van der Waals surface area contributed by atoms with Crippen LogP contribution in [-0.4, -0.2) is 19.2 Å². The van der Waals surface area contributed by atoms with Gasteiger partial charge in [0.25, 0.3) is 0 Å². The van der Waals surface area contributed by atoms with Crippen LogP contribution in [0, 0.1) is 0 Å². The summed E-state index contributed by atoms with van der Waals surface area (Å²) in [5, 5.41) is 0. The van der Waals surface area contributed by atoms with Crippen LogP contribution in [0.4, 0.5) is 13.2 Å². The van der Waals surface area contributed by atoms with Crippen LogP contribution in [0.5, 0.6) is 0 Å². The Morgan fingerprint density at radius 3 is 1.91 bits per heavy atom. The number of aliphatic imine (C=N–C) groups is 1. The minimum Gasteiger partial charge on any atom is -0.370 e. The van der Waals surface area contributed by atoms with Gasteiger partial charge in [-0.05, 0) is 0 Å². The predicted octanol–water partition coefficient (Wildman–Crippen LogP) is 0.624. The standard InChI is InChI=1S/C4H9N3.CHF3/c1-2-3-7-4(5)6;2-1(3)4/h2H,1,3H2,(H4,5,6,7);1H. The molecule has 0 rings (SSSR count). The molecule has 0 amide bonds. The Labute approximate surface area is 62.6 Å². The Bertz CT molecular complexity index is 117. The minimum absolute atomic E-state index is 0.111. The molecule has 0 unspecified atom stereocenters. The molecule has 0 aliphatic rings. The van der Waals surface area contributed by atoms with Crippen molar-refractivity contribution < 1.29 is 13.2 Å². The van der Waals surface area contributed by atoms with Crippen LogP contribution < -0.4 is 11.5 Å². The summed E-state index contributed by atoms with van der Waals surface area (Å²) in [5.41, 5.74) is 9.92. The first-order chi connectivity index (χ1) is 5.00. The molecule has 3 nitrogen and oxygen atoms in total. The van der Waals surface area contributed by atoms with Gasteiger partial charge in [0.1, 0.15) is 0 Å². The second-order valence-corrected chi connectivity index (χ2v) is 1.30. The molecule has 0 aliphatic heterocycles. The molecular formula is C5H10F3N3. The van der Waals surface area contributed by atoms with Gasteiger partial charge in [-0.1, -0.05) is 6.08 Å². The fourth-order valence-electron chi connectivity index (χ4n) is 0.170. The first-order valence-corrected chi connectivity index (χ1v) is 2.59. The molecule has 11 heavy (non-hydrogen) atoms. The third kappa shape index (κ3) is 51.9. The maximum Gasteiger partial charge on any atom is 0.379 e. The number of nitrogens with two attached hydrogens (primary N) is 2. The number of halogens is 3. The molecule has 0 atom stereocenters. The van der Waals surface area contributed by atoms with Gasteiger partial charge in [0, 0.05) is 0 Å². The van der Waals surface area contributed by atoms with Crippen LogP contribution in [0.2, 0.25) is 0 Å². The van der Waals surface area contributed by atoms with Gasteiger partial charge < -0.3 is 11.5 Å². The van der Waals surface area contributed by atoms with Crippen molar-refractivity contribution in [3.8, 4) is 0 Å². The zero-order valence-corrected chi connectivity index (χ0v) is 5.80. The van der Waals surface area contributed by atoms with Gasteiger partial charge >= 0.3 is 6.68 Å². The monoisotopic (exact) mass is 169 g/mol. The highest BCUT2D eigenvalue weighted by Crippen LogP contribution is 1.87. The van der Waals surface area contributed by atoms with E-state index in [1.54, 1.807) is 6.08 Å². The molecule has 0 spiro atoms. The van der Waals surface area contributed by atoms with E-state index in [9.17, 15) is 13.2 Å². The third-order valence-corrected chi connectivity index (χ3v) is 0.403. The Morgan fingerprint density at radius 2 is 1.82 bits per heavy atom. The summed E-state index contributed by atoms with van der Waals surface area (Å²) in [5.74, 6) is 0.111. The van der Waals surface area contributed by atoms with E-state index in [2.05, 4.69) is 11.6 Å². The van der Waals surface area contributed by atoms with Crippen molar-refractivity contribution in [3.05, 3.63) is 12.7 Å². The highest BCUT2D eigenvalue weighted by molar-refractivity contribution is 5.75. The molecule has 66 valence electrons. The Balaban J connectivity index is 0. The maximum atomic E-state index is 9.67. The van der Waals surface area contributed by atoms with E-state index in [1.165, 1.54) is 0 Å². The van der Waals surface area contributed by atoms with E-state index in [0.717, 1.165) is 0 Å². The minimum atomic E-state index is -3.67. The number of alkyl halides is 3. The van der Waals surface area contributed by atoms with Gasteiger partial charge in [-0.2, -0.15) is 13.2 Å². The number of guanidine groups is 1. The van der Waals surface area contributed by atoms with Crippen LogP contribution in [0.25, 0.3) is 0 Å². The maximum absolute atomic E-state index is 9.67. The van der Waals surface area contributed by atoms with Crippen LogP contribution in [0.15, 0.2) is 17.6 Å². The quantitative estimate of drug-likeness (QED) is 0.361. The van der Waals surface area contributed by atoms with Gasteiger partial charge in [-0.3, -0.25) is 0 Å². The van der Waals surface area contributed by atoms with Crippen molar-refractivity contribution in [1.29, 1.82) is 0 Å². The van der Waals surface area contributed by atoms with E-state index in [4.69, 9.17) is 11.5 Å². The lowest BCUT2D eigenvalue weighted by atomic mass is 10.6. The van der Waals surface area contributed by atoms with Crippen molar-refractivity contribution in [2.24, 2.45) is 16.5 Å². The van der Waals surface area contributed by atoms with E-state index < -0.39 is 6.68 Å². The van der Waals surface area contributed by atoms with Gasteiger partial charge in [-0.25, -0.2) is 4.99 Å². The molecule has 0 fully saturated rings. The average Bonchev–Trinajstić information content (AvgIpc) is 1.82. The Kier molecular flexibility index (Phi) is 9.98. The normalized spacial score (nSPS) is 8.00. The van der Waals surface area contributed by atoms with E-state index in [-0.39, 0.29) is 5.96 Å². The van der Waals surface area contributed by atoms with E-state index >= 15 is 0 Å². The zero-order valence-electron chi connectivity index (χ0n) is 5.80. The Hall–Kier alpha value is -1.20. The Morgan fingerprint density at radius 1 is 1.45 bits per heavy atom. The van der Waals surface area contributed by atoms with Crippen LogP contribution in [0.3, 0.4) is 0 Å². The summed E-state index contributed by atoms with van der Waals surface area (Å²) in [7, 11) is 0. The lowest BCUT2D eigenvalue weighted by Crippen LogP contribution is -2.22. The molecule has 0 aromatic carbocycles. The molecule has 0 heterocycles. The largest absolute Gasteiger partial charge is 0.379 e. The summed E-state index contributed by atoms with van der Waals surface area (Å²) in [6.45, 7) is 0.250. The predicted molar refractivity (Wildman–Crippen MR) is 38.0 cm³/mol. The molecular weight excluding hydrogens is 159 g/mol. The van der Waals surface area contributed by atoms with E-state index in [0.29, 0.717) is 6.54 Å². The highest BCUT2D eigenvalue weighted by Gasteiger charge is 1.86. The second-order valence-electron chi connectivity index (χ2n) is 1.30. The molecule has 0 aromatic heterocycles. The SMILES string of the molecule is C=CCN=C(N)N.FC(F)F. The third-order valence-electron chi connectivity index (χ3n) is 0.403. The van der Waals surface area contributed by atoms with Crippen LogP contribution in [-0.2, 0) is 0 Å². The fourth-order valence-corrected chi connectivity index (χ4v) is 0.170. The summed E-state index contributed by atoms with van der Waals surface area (Å²) in [4.78, 5) is 3.60. The van der Waals surface area contributed by atoms with Gasteiger partial charge in [-0.15, -0.1) is 6.58 Å². The first kappa shape index (κ1) is 12.5. The summed E-state index contributed by atoms with van der Waals surface area (Å²) < 4.78 is 29.0. The fraction of sp³-hybridized carbons (Fsp3) is 0.400. The van der Waals surface area contributed by atoms with Crippen molar-refractivity contribution in [2.45, 2.75) is 6.68 Å². The zero-order chi connectivity index (χ0) is 9.28. The second kappa shape index (κ2) is 8.80. The molecule has 4 N–H and O–H groups in total. The lowest BCUT2D eigenvalue weighted by molar-refractivity contribution is 0.00819. The number of hydrogen-bond acceptors (Lipinski definition) is 1. The summed E-state index contributed by atoms with van der Waals surface area (Å²) in [6.07, 6.45) is 1.62.